The third-order valence-corrected chi connectivity index (χ3v) is 2.55. The van der Waals surface area contributed by atoms with Gasteiger partial charge in [0.15, 0.2) is 0 Å². The second-order valence-corrected chi connectivity index (χ2v) is 3.77. The Balaban J connectivity index is 0.00000144. The molecule has 2 rings (SSSR count). The number of nitrogens with one attached hydrogen (secondary N) is 1. The number of aromatic amines is 1. The predicted molar refractivity (Wildman–Crippen MR) is 76.5 cm³/mol. The normalized spacial score (nSPS) is 11.4. The highest BCUT2D eigenvalue weighted by atomic mass is 35.5. The lowest BCUT2D eigenvalue weighted by Crippen LogP contribution is -2.32. The first kappa shape index (κ1) is 16.6. The van der Waals surface area contributed by atoms with Crippen LogP contribution in [-0.4, -0.2) is 22.1 Å². The Kier molecular flexibility index (Phi) is 5.97. The van der Waals surface area contributed by atoms with Crippen LogP contribution in [0, 0.1) is 0 Å². The summed E-state index contributed by atoms with van der Waals surface area (Å²) >= 11 is 0. The topological polar surface area (TPSA) is 105 Å². The number of nitrogen functional groups attached to an aromatic ring is 1. The van der Waals surface area contributed by atoms with E-state index >= 15 is 0 Å². The lowest BCUT2D eigenvalue weighted by atomic mass is 10.1. The predicted octanol–water partition coefficient (Wildman–Crippen LogP) is 1.55. The van der Waals surface area contributed by atoms with Crippen molar-refractivity contribution in [1.82, 2.24) is 4.98 Å². The van der Waals surface area contributed by atoms with E-state index in [0.29, 0.717) is 12.1 Å². The number of hydrogen-bond donors (Lipinski definition) is 4. The molecule has 100 valence electrons. The van der Waals surface area contributed by atoms with Crippen LogP contribution in [0.25, 0.3) is 10.9 Å². The molecular weight excluding hydrogens is 277 g/mol. The quantitative estimate of drug-likeness (QED) is 0.644. The molecule has 1 atom stereocenters. The molecule has 1 unspecified atom stereocenters. The van der Waals surface area contributed by atoms with Gasteiger partial charge >= 0.3 is 5.97 Å². The summed E-state index contributed by atoms with van der Waals surface area (Å²) in [6, 6.07) is 4.58. The van der Waals surface area contributed by atoms with Crippen LogP contribution < -0.4 is 11.5 Å². The zero-order valence-electron chi connectivity index (χ0n) is 9.42. The monoisotopic (exact) mass is 291 g/mol. The molecule has 0 fully saturated rings. The second kappa shape index (κ2) is 6.49. The minimum absolute atomic E-state index is 0. The number of rotatable bonds is 3. The molecule has 0 saturated heterocycles. The Bertz CT molecular complexity index is 542. The van der Waals surface area contributed by atoms with Crippen LogP contribution in [0.5, 0.6) is 0 Å². The van der Waals surface area contributed by atoms with Gasteiger partial charge in [-0.1, -0.05) is 0 Å². The maximum Gasteiger partial charge on any atom is 0.320 e. The van der Waals surface area contributed by atoms with E-state index in [9.17, 15) is 4.79 Å². The minimum Gasteiger partial charge on any atom is -0.480 e. The molecule has 2 aromatic rings. The average Bonchev–Trinajstić information content (AvgIpc) is 2.61. The molecule has 6 N–H and O–H groups in total. The molecule has 1 heterocycles. The summed E-state index contributed by atoms with van der Waals surface area (Å²) < 4.78 is 0. The third kappa shape index (κ3) is 3.29. The number of H-pyrrole nitrogens is 1. The fourth-order valence-corrected chi connectivity index (χ4v) is 1.69. The van der Waals surface area contributed by atoms with Gasteiger partial charge in [0.1, 0.15) is 6.04 Å². The van der Waals surface area contributed by atoms with Gasteiger partial charge in [-0.05, 0) is 23.8 Å². The van der Waals surface area contributed by atoms with E-state index < -0.39 is 12.0 Å². The first-order valence-electron chi connectivity index (χ1n) is 4.92. The van der Waals surface area contributed by atoms with Crippen LogP contribution in [0.4, 0.5) is 5.69 Å². The molecule has 1 aromatic heterocycles. The molecule has 0 amide bonds. The molecule has 0 saturated carbocycles. The molecule has 0 aliphatic rings. The minimum atomic E-state index is -1.00. The van der Waals surface area contributed by atoms with Crippen LogP contribution in [0.1, 0.15) is 5.56 Å². The highest BCUT2D eigenvalue weighted by Gasteiger charge is 2.14. The molecule has 0 aliphatic heterocycles. The Morgan fingerprint density at radius 1 is 1.39 bits per heavy atom. The number of carboxylic acids is 1. The standard InChI is InChI=1S/C11H13N3O2.2ClH/c12-7-1-2-10-8(4-7)6(5-14-10)3-9(13)11(15)16;;/h1-2,4-5,9,14H,3,12-13H2,(H,15,16);2*1H. The molecule has 0 bridgehead atoms. The number of aliphatic carboxylic acids is 1. The van der Waals surface area contributed by atoms with Crippen molar-refractivity contribution in [2.45, 2.75) is 12.5 Å². The maximum absolute atomic E-state index is 10.7. The number of anilines is 1. The number of fused-ring (bicyclic) bond motifs is 1. The first-order valence-corrected chi connectivity index (χ1v) is 4.92. The lowest BCUT2D eigenvalue weighted by molar-refractivity contribution is -0.138. The number of aromatic nitrogens is 1. The Hall–Kier alpha value is -1.43. The number of nitrogens with two attached hydrogens (primary N) is 2. The van der Waals surface area contributed by atoms with Crippen molar-refractivity contribution in [2.75, 3.05) is 5.73 Å². The van der Waals surface area contributed by atoms with E-state index in [1.807, 2.05) is 12.1 Å². The summed E-state index contributed by atoms with van der Waals surface area (Å²) in [6.07, 6.45) is 2.06. The van der Waals surface area contributed by atoms with Crippen molar-refractivity contribution in [3.05, 3.63) is 30.0 Å². The highest BCUT2D eigenvalue weighted by Crippen LogP contribution is 2.21. The van der Waals surface area contributed by atoms with Gasteiger partial charge in [-0.3, -0.25) is 4.79 Å². The maximum atomic E-state index is 10.7. The second-order valence-electron chi connectivity index (χ2n) is 3.77. The number of carbonyl (C=O) groups is 1. The number of hydrogen-bond acceptors (Lipinski definition) is 3. The zero-order valence-corrected chi connectivity index (χ0v) is 11.1. The molecule has 0 spiro atoms. The van der Waals surface area contributed by atoms with E-state index in [1.165, 1.54) is 0 Å². The van der Waals surface area contributed by atoms with Crippen LogP contribution in [0.15, 0.2) is 24.4 Å². The Morgan fingerprint density at radius 3 is 2.67 bits per heavy atom. The van der Waals surface area contributed by atoms with E-state index in [-0.39, 0.29) is 24.8 Å². The van der Waals surface area contributed by atoms with Crippen molar-refractivity contribution >= 4 is 47.4 Å². The summed E-state index contributed by atoms with van der Waals surface area (Å²) in [7, 11) is 0. The number of halogens is 2. The summed E-state index contributed by atoms with van der Waals surface area (Å²) in [5.74, 6) is -1.00. The van der Waals surface area contributed by atoms with Crippen molar-refractivity contribution in [3.8, 4) is 0 Å². The van der Waals surface area contributed by atoms with E-state index in [2.05, 4.69) is 4.98 Å². The van der Waals surface area contributed by atoms with Crippen molar-refractivity contribution in [1.29, 1.82) is 0 Å². The van der Waals surface area contributed by atoms with Crippen molar-refractivity contribution < 1.29 is 9.90 Å². The molecule has 1 aromatic carbocycles. The van der Waals surface area contributed by atoms with Gasteiger partial charge < -0.3 is 21.6 Å². The van der Waals surface area contributed by atoms with Crippen LogP contribution in [0.2, 0.25) is 0 Å². The van der Waals surface area contributed by atoms with Gasteiger partial charge in [-0.2, -0.15) is 0 Å². The third-order valence-electron chi connectivity index (χ3n) is 2.55. The van der Waals surface area contributed by atoms with Crippen LogP contribution in [-0.2, 0) is 11.2 Å². The fourth-order valence-electron chi connectivity index (χ4n) is 1.69. The van der Waals surface area contributed by atoms with E-state index in [4.69, 9.17) is 16.6 Å². The first-order chi connectivity index (χ1) is 7.58. The molecule has 7 heteroatoms. The number of carboxylic acid groups (broad SMARTS) is 1. The Morgan fingerprint density at radius 2 is 2.06 bits per heavy atom. The average molecular weight is 292 g/mol. The van der Waals surface area contributed by atoms with E-state index in [1.54, 1.807) is 12.3 Å². The molecule has 5 nitrogen and oxygen atoms in total. The fraction of sp³-hybridized carbons (Fsp3) is 0.182. The molecule has 0 aliphatic carbocycles. The van der Waals surface area contributed by atoms with Crippen LogP contribution >= 0.6 is 24.8 Å². The Labute approximate surface area is 116 Å². The summed E-state index contributed by atoms with van der Waals surface area (Å²) in [6.45, 7) is 0. The molecule has 18 heavy (non-hydrogen) atoms. The lowest BCUT2D eigenvalue weighted by Gasteiger charge is -2.04. The molecule has 0 radical (unpaired) electrons. The van der Waals surface area contributed by atoms with E-state index in [0.717, 1.165) is 16.5 Å². The van der Waals surface area contributed by atoms with Gasteiger partial charge in [0.25, 0.3) is 0 Å². The van der Waals surface area contributed by atoms with Gasteiger partial charge in [0.2, 0.25) is 0 Å². The van der Waals surface area contributed by atoms with Gasteiger partial charge in [-0.25, -0.2) is 0 Å². The van der Waals surface area contributed by atoms with Gasteiger partial charge in [-0.15, -0.1) is 24.8 Å². The largest absolute Gasteiger partial charge is 0.480 e. The van der Waals surface area contributed by atoms with Crippen molar-refractivity contribution in [2.24, 2.45) is 5.73 Å². The summed E-state index contributed by atoms with van der Waals surface area (Å²) in [4.78, 5) is 13.7. The van der Waals surface area contributed by atoms with Crippen molar-refractivity contribution in [3.63, 3.8) is 0 Å². The zero-order chi connectivity index (χ0) is 11.7. The highest BCUT2D eigenvalue weighted by molar-refractivity contribution is 5.87. The molecular formula is C11H15Cl2N3O2. The van der Waals surface area contributed by atoms with Crippen LogP contribution in [0.3, 0.4) is 0 Å². The van der Waals surface area contributed by atoms with Gasteiger partial charge in [0.05, 0.1) is 0 Å². The summed E-state index contributed by atoms with van der Waals surface area (Å²) in [5.41, 5.74) is 13.6. The SMILES string of the molecule is Cl.Cl.Nc1ccc2[nH]cc(CC(N)C(=O)O)c2c1. The smallest absolute Gasteiger partial charge is 0.320 e. The summed E-state index contributed by atoms with van der Waals surface area (Å²) in [5, 5.41) is 9.68. The number of benzene rings is 1. The van der Waals surface area contributed by atoms with Gasteiger partial charge in [0, 0.05) is 29.2 Å².